The molecule has 0 saturated carbocycles. The normalized spacial score (nSPS) is 11.7. The van der Waals surface area contributed by atoms with Crippen molar-refractivity contribution in [3.63, 3.8) is 0 Å². The highest BCUT2D eigenvalue weighted by Crippen LogP contribution is 2.06. The number of rotatable bonds is 4. The maximum atomic E-state index is 10.9. The van der Waals surface area contributed by atoms with Gasteiger partial charge < -0.3 is 15.2 Å². The Hall–Kier alpha value is -2.02. The van der Waals surface area contributed by atoms with Gasteiger partial charge in [0.2, 0.25) is 0 Å². The Morgan fingerprint density at radius 3 is 1.86 bits per heavy atom. The molecule has 0 aliphatic rings. The number of hydrogen-bond acceptors (Lipinski definition) is 7. The van der Waals surface area contributed by atoms with E-state index in [1.54, 1.807) is 0 Å². The first-order valence-corrected chi connectivity index (χ1v) is 8.42. The third-order valence-electron chi connectivity index (χ3n) is 2.33. The lowest BCUT2D eigenvalue weighted by molar-refractivity contribution is 0.255. The molecule has 0 unspecified atom stereocenters. The molecule has 3 N–H and O–H groups in total. The van der Waals surface area contributed by atoms with Crippen molar-refractivity contribution in [3.05, 3.63) is 35.4 Å². The van der Waals surface area contributed by atoms with Crippen molar-refractivity contribution in [1.82, 2.24) is 10.6 Å². The third kappa shape index (κ3) is 5.77. The average Bonchev–Trinajstić information content (AvgIpc) is 2.40. The number of benzene rings is 1. The SMILES string of the molecule is O=C(NCc1cccc(CNC(=O)S(=O)(=O)O)c1)S(=O)(=O)[O-]. The minimum Gasteiger partial charge on any atom is -0.740 e. The van der Waals surface area contributed by atoms with E-state index in [1.807, 2.05) is 10.6 Å². The van der Waals surface area contributed by atoms with Crippen LogP contribution >= 0.6 is 0 Å². The topological polar surface area (TPSA) is 170 Å². The molecular weight excluding hydrogens is 340 g/mol. The van der Waals surface area contributed by atoms with E-state index in [-0.39, 0.29) is 13.1 Å². The summed E-state index contributed by atoms with van der Waals surface area (Å²) < 4.78 is 60.7. The van der Waals surface area contributed by atoms with Crippen LogP contribution in [0.1, 0.15) is 11.1 Å². The predicted octanol–water partition coefficient (Wildman–Crippen LogP) is -0.461. The highest BCUT2D eigenvalue weighted by molar-refractivity contribution is 8.01. The molecule has 10 nitrogen and oxygen atoms in total. The first kappa shape index (κ1) is 18.0. The molecule has 0 fully saturated rings. The van der Waals surface area contributed by atoms with Crippen molar-refractivity contribution in [2.24, 2.45) is 0 Å². The minimum absolute atomic E-state index is 0.222. The number of hydrogen-bond donors (Lipinski definition) is 3. The van der Waals surface area contributed by atoms with Crippen molar-refractivity contribution in [3.8, 4) is 0 Å². The lowest BCUT2D eigenvalue weighted by Gasteiger charge is -2.09. The van der Waals surface area contributed by atoms with Crippen molar-refractivity contribution in [2.75, 3.05) is 0 Å². The molecule has 1 aromatic carbocycles. The highest BCUT2D eigenvalue weighted by atomic mass is 32.2. The van der Waals surface area contributed by atoms with Gasteiger partial charge in [0.25, 0.3) is 0 Å². The molecule has 122 valence electrons. The highest BCUT2D eigenvalue weighted by Gasteiger charge is 2.17. The molecule has 0 aromatic heterocycles. The Kier molecular flexibility index (Phi) is 5.59. The fourth-order valence-corrected chi connectivity index (χ4v) is 1.88. The Morgan fingerprint density at radius 1 is 1.00 bits per heavy atom. The van der Waals surface area contributed by atoms with E-state index in [1.165, 1.54) is 24.3 Å². The Balaban J connectivity index is 2.67. The van der Waals surface area contributed by atoms with Gasteiger partial charge in [-0.3, -0.25) is 14.1 Å². The second-order valence-electron chi connectivity index (χ2n) is 4.03. The van der Waals surface area contributed by atoms with Crippen LogP contribution in [0.25, 0.3) is 0 Å². The molecule has 0 aliphatic carbocycles. The van der Waals surface area contributed by atoms with E-state index >= 15 is 0 Å². The Bertz CT molecular complexity index is 722. The van der Waals surface area contributed by atoms with Crippen LogP contribution in [-0.2, 0) is 33.3 Å². The number of carbonyl (C=O) groups excluding carboxylic acids is 2. The zero-order chi connectivity index (χ0) is 17.0. The number of carbonyl (C=O) groups is 2. The van der Waals surface area contributed by atoms with Crippen LogP contribution in [0.5, 0.6) is 0 Å². The van der Waals surface area contributed by atoms with Gasteiger partial charge in [0.05, 0.1) is 0 Å². The fourth-order valence-electron chi connectivity index (χ4n) is 1.38. The van der Waals surface area contributed by atoms with Gasteiger partial charge in [0, 0.05) is 13.1 Å². The zero-order valence-corrected chi connectivity index (χ0v) is 12.5. The van der Waals surface area contributed by atoms with Crippen LogP contribution in [0.4, 0.5) is 9.59 Å². The van der Waals surface area contributed by atoms with Crippen molar-refractivity contribution in [2.45, 2.75) is 13.1 Å². The summed E-state index contributed by atoms with van der Waals surface area (Å²) in [5.74, 6) is 0. The Morgan fingerprint density at radius 2 is 1.45 bits per heavy atom. The van der Waals surface area contributed by atoms with Crippen LogP contribution in [0, 0.1) is 0 Å². The smallest absolute Gasteiger partial charge is 0.363 e. The number of amides is 2. The van der Waals surface area contributed by atoms with Crippen molar-refractivity contribution < 1.29 is 35.5 Å². The molecule has 0 saturated heterocycles. The molecule has 0 aliphatic heterocycles. The van der Waals surface area contributed by atoms with Crippen LogP contribution in [0.15, 0.2) is 24.3 Å². The number of nitrogens with one attached hydrogen (secondary N) is 2. The fraction of sp³-hybridized carbons (Fsp3) is 0.200. The van der Waals surface area contributed by atoms with Gasteiger partial charge in [-0.2, -0.15) is 8.42 Å². The van der Waals surface area contributed by atoms with Crippen LogP contribution in [0.3, 0.4) is 0 Å². The summed E-state index contributed by atoms with van der Waals surface area (Å²) in [6.07, 6.45) is 0. The monoisotopic (exact) mass is 351 g/mol. The lowest BCUT2D eigenvalue weighted by Crippen LogP contribution is -2.29. The molecule has 22 heavy (non-hydrogen) atoms. The molecule has 0 heterocycles. The lowest BCUT2D eigenvalue weighted by atomic mass is 10.1. The van der Waals surface area contributed by atoms with E-state index in [9.17, 15) is 31.0 Å². The van der Waals surface area contributed by atoms with E-state index in [4.69, 9.17) is 4.55 Å². The van der Waals surface area contributed by atoms with Gasteiger partial charge in [0.15, 0.2) is 10.1 Å². The molecule has 12 heteroatoms. The van der Waals surface area contributed by atoms with Crippen molar-refractivity contribution >= 4 is 30.7 Å². The van der Waals surface area contributed by atoms with Gasteiger partial charge in [0.1, 0.15) is 0 Å². The van der Waals surface area contributed by atoms with E-state index < -0.39 is 30.7 Å². The van der Waals surface area contributed by atoms with E-state index in [0.717, 1.165) is 0 Å². The molecule has 2 amide bonds. The minimum atomic E-state index is -5.07. The largest absolute Gasteiger partial charge is 0.740 e. The van der Waals surface area contributed by atoms with Gasteiger partial charge in [-0.25, -0.2) is 8.42 Å². The molecule has 1 rings (SSSR count). The predicted molar refractivity (Wildman–Crippen MR) is 72.2 cm³/mol. The summed E-state index contributed by atoms with van der Waals surface area (Å²) in [4.78, 5) is 21.8. The second kappa shape index (κ2) is 6.83. The summed E-state index contributed by atoms with van der Waals surface area (Å²) in [7, 11) is -9.90. The summed E-state index contributed by atoms with van der Waals surface area (Å²) in [6, 6.07) is 5.95. The van der Waals surface area contributed by atoms with Gasteiger partial charge in [-0.1, -0.05) is 24.3 Å². The molecule has 0 atom stereocenters. The third-order valence-corrected chi connectivity index (χ3v) is 3.54. The van der Waals surface area contributed by atoms with Gasteiger partial charge in [-0.15, -0.1) is 0 Å². The van der Waals surface area contributed by atoms with Crippen molar-refractivity contribution in [1.29, 1.82) is 0 Å². The van der Waals surface area contributed by atoms with Crippen LogP contribution in [-0.4, -0.2) is 36.4 Å². The van der Waals surface area contributed by atoms with Crippen LogP contribution < -0.4 is 10.6 Å². The molecule has 0 radical (unpaired) electrons. The standard InChI is InChI=1S/C10H12N2O8S2/c13-9(21(15,16)17)11-5-7-2-1-3-8(4-7)6-12-10(14)22(18,19)20/h1-4H,5-6H2,(H,11,13)(H,12,14)(H,15,16,17)(H,18,19,20)/p-1. The molecule has 1 aromatic rings. The first-order chi connectivity index (χ1) is 10.00. The quantitative estimate of drug-likeness (QED) is 0.612. The Labute approximate surface area is 126 Å². The summed E-state index contributed by atoms with van der Waals surface area (Å²) >= 11 is 0. The van der Waals surface area contributed by atoms with E-state index in [0.29, 0.717) is 11.1 Å². The zero-order valence-electron chi connectivity index (χ0n) is 10.8. The molecular formula is C10H11N2O8S2-. The summed E-state index contributed by atoms with van der Waals surface area (Å²) in [5.41, 5.74) is 0.837. The second-order valence-corrected chi connectivity index (χ2v) is 6.63. The van der Waals surface area contributed by atoms with Gasteiger partial charge >= 0.3 is 20.6 Å². The summed E-state index contributed by atoms with van der Waals surface area (Å²) in [5, 5.41) is 0.603. The van der Waals surface area contributed by atoms with Crippen LogP contribution in [0.2, 0.25) is 0 Å². The maximum Gasteiger partial charge on any atom is 0.363 e. The maximum absolute atomic E-state index is 10.9. The molecule has 0 bridgehead atoms. The molecule has 0 spiro atoms. The average molecular weight is 351 g/mol. The van der Waals surface area contributed by atoms with E-state index in [2.05, 4.69) is 0 Å². The van der Waals surface area contributed by atoms with Gasteiger partial charge in [-0.05, 0) is 11.1 Å². The summed E-state index contributed by atoms with van der Waals surface area (Å²) in [6.45, 7) is -0.472. The first-order valence-electron chi connectivity index (χ1n) is 5.57.